The summed E-state index contributed by atoms with van der Waals surface area (Å²) in [5.41, 5.74) is 1.63. The SMILES string of the molecule is O=C(Nc1ccc(F)cc1-c1ccccc1Cl)OCC1CCNCC1. The number of carbonyl (C=O) groups is 1. The summed E-state index contributed by atoms with van der Waals surface area (Å²) < 4.78 is 19.0. The molecule has 0 aromatic heterocycles. The summed E-state index contributed by atoms with van der Waals surface area (Å²) >= 11 is 6.21. The van der Waals surface area contributed by atoms with Crippen LogP contribution >= 0.6 is 11.6 Å². The highest BCUT2D eigenvalue weighted by molar-refractivity contribution is 6.33. The van der Waals surface area contributed by atoms with E-state index in [1.165, 1.54) is 18.2 Å². The molecule has 1 heterocycles. The van der Waals surface area contributed by atoms with Gasteiger partial charge >= 0.3 is 6.09 Å². The first-order valence-electron chi connectivity index (χ1n) is 8.32. The van der Waals surface area contributed by atoms with Gasteiger partial charge in [0.15, 0.2) is 0 Å². The molecule has 0 atom stereocenters. The van der Waals surface area contributed by atoms with Crippen molar-refractivity contribution in [1.82, 2.24) is 5.32 Å². The molecule has 0 bridgehead atoms. The molecule has 2 N–H and O–H groups in total. The van der Waals surface area contributed by atoms with E-state index >= 15 is 0 Å². The lowest BCUT2D eigenvalue weighted by atomic mass is 9.99. The number of amides is 1. The molecule has 4 nitrogen and oxygen atoms in total. The van der Waals surface area contributed by atoms with E-state index < -0.39 is 11.9 Å². The highest BCUT2D eigenvalue weighted by Gasteiger charge is 2.17. The van der Waals surface area contributed by atoms with Crippen LogP contribution in [0.15, 0.2) is 42.5 Å². The summed E-state index contributed by atoms with van der Waals surface area (Å²) in [4.78, 5) is 12.1. The Morgan fingerprint density at radius 3 is 2.72 bits per heavy atom. The van der Waals surface area contributed by atoms with Gasteiger partial charge in [0.2, 0.25) is 0 Å². The zero-order chi connectivity index (χ0) is 17.6. The summed E-state index contributed by atoms with van der Waals surface area (Å²) in [5.74, 6) is -0.0215. The molecular formula is C19H20ClFN2O2. The van der Waals surface area contributed by atoms with E-state index in [0.717, 1.165) is 25.9 Å². The largest absolute Gasteiger partial charge is 0.449 e. The van der Waals surface area contributed by atoms with Gasteiger partial charge in [0.05, 0.1) is 12.3 Å². The Morgan fingerprint density at radius 2 is 1.96 bits per heavy atom. The van der Waals surface area contributed by atoms with E-state index in [1.807, 2.05) is 6.07 Å². The topological polar surface area (TPSA) is 50.4 Å². The van der Waals surface area contributed by atoms with Gasteiger partial charge in [0, 0.05) is 16.1 Å². The molecule has 132 valence electrons. The van der Waals surface area contributed by atoms with Crippen molar-refractivity contribution < 1.29 is 13.9 Å². The van der Waals surface area contributed by atoms with Gasteiger partial charge in [-0.05, 0) is 56.1 Å². The Morgan fingerprint density at radius 1 is 1.20 bits per heavy atom. The van der Waals surface area contributed by atoms with Crippen molar-refractivity contribution in [2.45, 2.75) is 12.8 Å². The normalized spacial score (nSPS) is 15.0. The van der Waals surface area contributed by atoms with Gasteiger partial charge in [-0.15, -0.1) is 0 Å². The first-order valence-corrected chi connectivity index (χ1v) is 8.70. The van der Waals surface area contributed by atoms with Crippen molar-refractivity contribution in [3.05, 3.63) is 53.3 Å². The van der Waals surface area contributed by atoms with Gasteiger partial charge in [0.1, 0.15) is 5.82 Å². The van der Waals surface area contributed by atoms with Crippen LogP contribution in [0.25, 0.3) is 11.1 Å². The number of ether oxygens (including phenoxy) is 1. The minimum absolute atomic E-state index is 0.378. The van der Waals surface area contributed by atoms with Crippen LogP contribution in [-0.2, 0) is 4.74 Å². The third-order valence-corrected chi connectivity index (χ3v) is 4.62. The fraction of sp³-hybridized carbons (Fsp3) is 0.316. The molecule has 1 amide bonds. The molecular weight excluding hydrogens is 343 g/mol. The standard InChI is InChI=1S/C19H20ClFN2O2/c20-17-4-2-1-3-15(17)16-11-14(21)5-6-18(16)23-19(24)25-12-13-7-9-22-10-8-13/h1-6,11,13,22H,7-10,12H2,(H,23,24). The number of benzene rings is 2. The molecule has 6 heteroatoms. The highest BCUT2D eigenvalue weighted by atomic mass is 35.5. The van der Waals surface area contributed by atoms with Gasteiger partial charge in [-0.3, -0.25) is 5.32 Å². The smallest absolute Gasteiger partial charge is 0.411 e. The minimum atomic E-state index is -0.543. The predicted octanol–water partition coefficient (Wildman–Crippen LogP) is 4.69. The van der Waals surface area contributed by atoms with Crippen LogP contribution in [0.5, 0.6) is 0 Å². The van der Waals surface area contributed by atoms with Crippen molar-refractivity contribution in [1.29, 1.82) is 0 Å². The fourth-order valence-electron chi connectivity index (χ4n) is 2.92. The van der Waals surface area contributed by atoms with E-state index in [1.54, 1.807) is 18.2 Å². The van der Waals surface area contributed by atoms with Crippen molar-refractivity contribution in [2.75, 3.05) is 25.0 Å². The molecule has 1 aliphatic rings. The van der Waals surface area contributed by atoms with Crippen molar-refractivity contribution >= 4 is 23.4 Å². The van der Waals surface area contributed by atoms with Crippen molar-refractivity contribution in [3.8, 4) is 11.1 Å². The maximum absolute atomic E-state index is 13.7. The summed E-state index contributed by atoms with van der Waals surface area (Å²) in [7, 11) is 0. The average Bonchev–Trinajstić information content (AvgIpc) is 2.63. The zero-order valence-corrected chi connectivity index (χ0v) is 14.5. The molecule has 0 radical (unpaired) electrons. The maximum Gasteiger partial charge on any atom is 0.411 e. The van der Waals surface area contributed by atoms with Crippen LogP contribution in [0.3, 0.4) is 0 Å². The molecule has 25 heavy (non-hydrogen) atoms. The second-order valence-corrected chi connectivity index (χ2v) is 6.49. The lowest BCUT2D eigenvalue weighted by molar-refractivity contribution is 0.131. The van der Waals surface area contributed by atoms with Crippen LogP contribution in [0, 0.1) is 11.7 Å². The van der Waals surface area contributed by atoms with Crippen LogP contribution in [0.2, 0.25) is 5.02 Å². The van der Waals surface area contributed by atoms with E-state index in [0.29, 0.717) is 34.4 Å². The number of nitrogens with one attached hydrogen (secondary N) is 2. The molecule has 0 unspecified atom stereocenters. The quantitative estimate of drug-likeness (QED) is 0.829. The van der Waals surface area contributed by atoms with Crippen molar-refractivity contribution in [2.24, 2.45) is 5.92 Å². The van der Waals surface area contributed by atoms with E-state index in [-0.39, 0.29) is 0 Å². The van der Waals surface area contributed by atoms with Gasteiger partial charge in [-0.1, -0.05) is 29.8 Å². The van der Waals surface area contributed by atoms with Crippen molar-refractivity contribution in [3.63, 3.8) is 0 Å². The second-order valence-electron chi connectivity index (χ2n) is 6.09. The summed E-state index contributed by atoms with van der Waals surface area (Å²) in [6.45, 7) is 2.28. The van der Waals surface area contributed by atoms with Gasteiger partial charge < -0.3 is 10.1 Å². The first kappa shape index (κ1) is 17.7. The number of rotatable bonds is 4. The molecule has 3 rings (SSSR count). The number of halogens is 2. The number of carbonyl (C=O) groups excluding carboxylic acids is 1. The number of hydrogen-bond donors (Lipinski definition) is 2. The molecule has 0 spiro atoms. The molecule has 2 aromatic rings. The average molecular weight is 363 g/mol. The summed E-state index contributed by atoms with van der Waals surface area (Å²) in [5, 5.41) is 6.46. The Balaban J connectivity index is 1.71. The van der Waals surface area contributed by atoms with Gasteiger partial charge in [-0.2, -0.15) is 0 Å². The predicted molar refractivity (Wildman–Crippen MR) is 97.4 cm³/mol. The molecule has 0 aliphatic carbocycles. The van der Waals surface area contributed by atoms with Gasteiger partial charge in [0.25, 0.3) is 0 Å². The van der Waals surface area contributed by atoms with Crippen LogP contribution < -0.4 is 10.6 Å². The lowest BCUT2D eigenvalue weighted by Crippen LogP contribution is -2.31. The highest BCUT2D eigenvalue weighted by Crippen LogP contribution is 2.34. The third kappa shape index (κ3) is 4.71. The van der Waals surface area contributed by atoms with Gasteiger partial charge in [-0.25, -0.2) is 9.18 Å². The third-order valence-electron chi connectivity index (χ3n) is 4.29. The van der Waals surface area contributed by atoms with E-state index in [9.17, 15) is 9.18 Å². The number of piperidine rings is 1. The van der Waals surface area contributed by atoms with E-state index in [2.05, 4.69) is 10.6 Å². The Kier molecular flexibility index (Phi) is 5.89. The van der Waals surface area contributed by atoms with Crippen LogP contribution in [0.4, 0.5) is 14.9 Å². The van der Waals surface area contributed by atoms with Crippen LogP contribution in [-0.4, -0.2) is 25.8 Å². The monoisotopic (exact) mass is 362 g/mol. The summed E-state index contributed by atoms with van der Waals surface area (Å²) in [6.07, 6.45) is 1.45. The minimum Gasteiger partial charge on any atom is -0.449 e. The maximum atomic E-state index is 13.7. The zero-order valence-electron chi connectivity index (χ0n) is 13.7. The molecule has 1 saturated heterocycles. The Labute approximate surface area is 151 Å². The Bertz CT molecular complexity index is 748. The molecule has 1 aliphatic heterocycles. The lowest BCUT2D eigenvalue weighted by Gasteiger charge is -2.22. The fourth-order valence-corrected chi connectivity index (χ4v) is 3.15. The first-order chi connectivity index (χ1) is 12.1. The molecule has 2 aromatic carbocycles. The number of hydrogen-bond acceptors (Lipinski definition) is 3. The van der Waals surface area contributed by atoms with E-state index in [4.69, 9.17) is 16.3 Å². The Hall–Kier alpha value is -2.11. The number of anilines is 1. The summed E-state index contributed by atoms with van der Waals surface area (Å²) in [6, 6.07) is 11.3. The van der Waals surface area contributed by atoms with Crippen LogP contribution in [0.1, 0.15) is 12.8 Å². The molecule has 1 fully saturated rings. The second kappa shape index (κ2) is 8.32. The molecule has 0 saturated carbocycles.